The highest BCUT2D eigenvalue weighted by atomic mass is 35.5. The standard InChI is InChI=1S/C45H51ClF3N3O12S2/c1-44(2)21-25(23-65(56,57)58)27-17-29-33(19-31(27)51(44)5)64-34-20-32-28(26(24-66(59,60)61)22-45(3,4)52(32)6)18-30(34)35(29)36-37(43(54)55)40(48)41(49)38(39(36)47)42(53)50-12-14-63-16-15-62-13-10-8-7-9-11-46/h17-22H,7-16,23-24H2,1-6H3,(H3-,50,53,54,55,56,57,58,59,60,61)/p+1. The number of anilines is 1. The van der Waals surface area contributed by atoms with E-state index in [-0.39, 0.29) is 70.9 Å². The van der Waals surface area contributed by atoms with Gasteiger partial charge in [0.1, 0.15) is 47.0 Å². The lowest BCUT2D eigenvalue weighted by Crippen LogP contribution is -2.47. The second kappa shape index (κ2) is 19.4. The van der Waals surface area contributed by atoms with Gasteiger partial charge in [0.25, 0.3) is 26.1 Å². The van der Waals surface area contributed by atoms with Gasteiger partial charge in [-0.2, -0.15) is 16.8 Å². The number of halogens is 4. The molecule has 0 aromatic heterocycles. The lowest BCUT2D eigenvalue weighted by molar-refractivity contribution is 0.0468. The molecule has 4 N–H and O–H groups in total. The number of likely N-dealkylation sites (N-methyl/N-ethyl adjacent to an activating group) is 2. The van der Waals surface area contributed by atoms with Crippen molar-refractivity contribution in [3.05, 3.63) is 97.8 Å². The average molecular weight is 984 g/mol. The normalized spacial score (nSPS) is 16.1. The molecule has 0 spiro atoms. The highest BCUT2D eigenvalue weighted by molar-refractivity contribution is 7.86. The maximum atomic E-state index is 17.5. The third-order valence-electron chi connectivity index (χ3n) is 11.9. The second-order valence-corrected chi connectivity index (χ2v) is 20.7. The van der Waals surface area contributed by atoms with Crippen molar-refractivity contribution < 1.29 is 68.0 Å². The molecule has 0 aliphatic carbocycles. The number of aromatic carboxylic acids is 1. The minimum absolute atomic E-state index is 0.0763. The number of carboxylic acids is 1. The summed E-state index contributed by atoms with van der Waals surface area (Å²) in [7, 11) is -5.98. The summed E-state index contributed by atoms with van der Waals surface area (Å²) in [6.45, 7) is 7.50. The van der Waals surface area contributed by atoms with Crippen LogP contribution in [0.15, 0.2) is 36.4 Å². The van der Waals surface area contributed by atoms with Crippen LogP contribution < -0.4 is 30.1 Å². The Kier molecular flexibility index (Phi) is 14.9. The van der Waals surface area contributed by atoms with E-state index in [2.05, 4.69) is 5.32 Å². The Morgan fingerprint density at radius 3 is 2.02 bits per heavy atom. The SMILES string of the molecule is CN1c2cc3c(cc2C(CS(=O)(=O)O)=CC1(C)C)C(c1c(F)c(C(=O)NCCOCCOCCCCCCCl)c(F)c(F)c1C(=O)O)=c1cc2c(cc1O3)=[N+](C)C(C)(C)C=C2CS(=O)(=O)O. The van der Waals surface area contributed by atoms with Crippen molar-refractivity contribution in [3.63, 3.8) is 0 Å². The number of nitrogens with zero attached hydrogens (tertiary/aromatic N) is 2. The first-order valence-electron chi connectivity index (χ1n) is 21.0. The van der Waals surface area contributed by atoms with E-state index in [4.69, 9.17) is 25.8 Å². The second-order valence-electron chi connectivity index (χ2n) is 17.4. The summed E-state index contributed by atoms with van der Waals surface area (Å²) in [5.41, 5.74) is -5.63. The van der Waals surface area contributed by atoms with Crippen molar-refractivity contribution >= 4 is 66.1 Å². The summed E-state index contributed by atoms with van der Waals surface area (Å²) in [5, 5.41) is 13.0. The van der Waals surface area contributed by atoms with Crippen LogP contribution in [0, 0.1) is 17.5 Å². The van der Waals surface area contributed by atoms with E-state index in [1.54, 1.807) is 63.4 Å². The number of carboxylic acid groups (broad SMARTS) is 1. The number of carbonyl (C=O) groups excluding carboxylic acids is 1. The number of ether oxygens (including phenoxy) is 3. The van der Waals surface area contributed by atoms with E-state index in [0.29, 0.717) is 23.5 Å². The van der Waals surface area contributed by atoms with Gasteiger partial charge >= 0.3 is 5.97 Å². The number of carbonyl (C=O) groups is 2. The molecular weight excluding hydrogens is 931 g/mol. The van der Waals surface area contributed by atoms with Gasteiger partial charge in [0.05, 0.1) is 37.0 Å². The molecule has 3 aliphatic rings. The molecular formula is C45H52ClF3N3O12S2+. The summed E-state index contributed by atoms with van der Waals surface area (Å²) < 4.78 is 139. The third kappa shape index (κ3) is 10.6. The Balaban J connectivity index is 1.56. The van der Waals surface area contributed by atoms with Crippen LogP contribution in [0.4, 0.5) is 18.9 Å². The number of fused-ring (bicyclic) bond motifs is 4. The monoisotopic (exact) mass is 982 g/mol. The van der Waals surface area contributed by atoms with Crippen LogP contribution in [0.1, 0.15) is 96.3 Å². The fourth-order valence-corrected chi connectivity index (χ4v) is 9.80. The molecule has 0 bridgehead atoms. The van der Waals surface area contributed by atoms with Gasteiger partial charge in [-0.15, -0.1) is 11.6 Å². The van der Waals surface area contributed by atoms with Crippen LogP contribution >= 0.6 is 11.6 Å². The molecule has 3 heterocycles. The maximum Gasteiger partial charge on any atom is 0.339 e. The molecule has 0 unspecified atom stereocenters. The Labute approximate surface area is 385 Å². The Morgan fingerprint density at radius 2 is 1.39 bits per heavy atom. The highest BCUT2D eigenvalue weighted by Gasteiger charge is 2.40. The number of rotatable bonds is 19. The zero-order chi connectivity index (χ0) is 48.7. The van der Waals surface area contributed by atoms with Crippen molar-refractivity contribution in [3.8, 4) is 11.5 Å². The Hall–Kier alpha value is -4.83. The molecule has 0 saturated carbocycles. The first-order valence-corrected chi connectivity index (χ1v) is 24.7. The van der Waals surface area contributed by atoms with Crippen molar-refractivity contribution in [1.29, 1.82) is 0 Å². The molecule has 6 rings (SSSR count). The van der Waals surface area contributed by atoms with E-state index in [9.17, 15) is 40.6 Å². The fourth-order valence-electron chi connectivity index (χ4n) is 8.35. The number of benzene rings is 3. The molecule has 0 atom stereocenters. The van der Waals surface area contributed by atoms with Crippen molar-refractivity contribution in [2.45, 2.75) is 64.5 Å². The minimum Gasteiger partial charge on any atom is -0.478 e. The Morgan fingerprint density at radius 1 is 0.788 bits per heavy atom. The van der Waals surface area contributed by atoms with Gasteiger partial charge < -0.3 is 29.5 Å². The van der Waals surface area contributed by atoms with Gasteiger partial charge in [-0.05, 0) is 56.0 Å². The van der Waals surface area contributed by atoms with Gasteiger partial charge in [0.15, 0.2) is 17.2 Å². The summed E-state index contributed by atoms with van der Waals surface area (Å²) in [6.07, 6.45) is 6.82. The Bertz CT molecular complexity index is 2920. The van der Waals surface area contributed by atoms with E-state index in [0.717, 1.165) is 25.7 Å². The summed E-state index contributed by atoms with van der Waals surface area (Å²) in [5.74, 6) is -10.9. The minimum atomic E-state index is -4.68. The highest BCUT2D eigenvalue weighted by Crippen LogP contribution is 2.47. The van der Waals surface area contributed by atoms with E-state index >= 15 is 13.2 Å². The van der Waals surface area contributed by atoms with Gasteiger partial charge in [-0.25, -0.2) is 22.5 Å². The van der Waals surface area contributed by atoms with Crippen LogP contribution in [0.3, 0.4) is 0 Å². The van der Waals surface area contributed by atoms with Crippen LogP contribution in [-0.2, 0) is 29.7 Å². The fraction of sp³-hybridized carbons (Fsp3) is 0.444. The third-order valence-corrected chi connectivity index (χ3v) is 13.5. The molecule has 358 valence electrons. The smallest absolute Gasteiger partial charge is 0.339 e. The maximum absolute atomic E-state index is 17.5. The molecule has 3 aromatic rings. The van der Waals surface area contributed by atoms with Crippen LogP contribution in [0.5, 0.6) is 11.5 Å². The molecule has 21 heteroatoms. The number of hydrogen-bond acceptors (Lipinski definition) is 10. The van der Waals surface area contributed by atoms with Crippen molar-refractivity contribution in [2.75, 3.05) is 69.4 Å². The molecule has 15 nitrogen and oxygen atoms in total. The number of hydrogen-bond donors (Lipinski definition) is 4. The van der Waals surface area contributed by atoms with Gasteiger partial charge in [0, 0.05) is 79.2 Å². The summed E-state index contributed by atoms with van der Waals surface area (Å²) in [6, 6.07) is 5.57. The number of amides is 1. The molecule has 1 amide bonds. The first-order chi connectivity index (χ1) is 30.8. The summed E-state index contributed by atoms with van der Waals surface area (Å²) >= 11 is 5.69. The summed E-state index contributed by atoms with van der Waals surface area (Å²) in [4.78, 5) is 28.4. The van der Waals surface area contributed by atoms with E-state index in [1.807, 2.05) is 0 Å². The molecule has 0 saturated heterocycles. The molecule has 3 aliphatic heterocycles. The largest absolute Gasteiger partial charge is 0.478 e. The van der Waals surface area contributed by atoms with Crippen molar-refractivity contribution in [1.82, 2.24) is 9.89 Å². The molecule has 3 aromatic carbocycles. The predicted octanol–water partition coefficient (Wildman–Crippen LogP) is 5.40. The van der Waals surface area contributed by atoms with E-state index < -0.39 is 94.4 Å². The quantitative estimate of drug-likeness (QED) is 0.0306. The van der Waals surface area contributed by atoms with Gasteiger partial charge in [-0.3, -0.25) is 13.9 Å². The zero-order valence-corrected chi connectivity index (χ0v) is 39.6. The molecule has 66 heavy (non-hydrogen) atoms. The lowest BCUT2D eigenvalue weighted by atomic mass is 9.82. The first kappa shape index (κ1) is 50.6. The van der Waals surface area contributed by atoms with E-state index in [1.165, 1.54) is 24.3 Å². The van der Waals surface area contributed by atoms with Crippen LogP contribution in [0.25, 0.3) is 16.7 Å². The zero-order valence-electron chi connectivity index (χ0n) is 37.2. The molecule has 0 fully saturated rings. The lowest BCUT2D eigenvalue weighted by Gasteiger charge is -2.41. The molecule has 0 radical (unpaired) electrons. The number of unbranched alkanes of at least 4 members (excludes halogenated alkanes) is 3. The van der Waals surface area contributed by atoms with Gasteiger partial charge in [-0.1, -0.05) is 18.9 Å². The van der Waals surface area contributed by atoms with Gasteiger partial charge in [0.2, 0.25) is 5.36 Å². The average Bonchev–Trinajstić information content (AvgIpc) is 3.20. The number of alkyl halides is 1. The van der Waals surface area contributed by atoms with Crippen LogP contribution in [0.2, 0.25) is 0 Å². The van der Waals surface area contributed by atoms with Crippen LogP contribution in [-0.4, -0.2) is 118 Å². The number of nitrogens with one attached hydrogen (secondary N) is 1. The topological polar surface area (TPSA) is 209 Å². The van der Waals surface area contributed by atoms with Crippen molar-refractivity contribution in [2.24, 2.45) is 0 Å². The predicted molar refractivity (Wildman–Crippen MR) is 243 cm³/mol.